The van der Waals surface area contributed by atoms with Gasteiger partial charge in [0.1, 0.15) is 11.6 Å². The first-order valence-electron chi connectivity index (χ1n) is 14.0. The highest BCUT2D eigenvalue weighted by Crippen LogP contribution is 2.61. The van der Waals surface area contributed by atoms with E-state index in [9.17, 15) is 19.5 Å². The van der Waals surface area contributed by atoms with Crippen LogP contribution in [0.4, 0.5) is 0 Å². The number of carbonyl (C=O) groups is 3. The van der Waals surface area contributed by atoms with E-state index < -0.39 is 41.6 Å². The predicted octanol–water partition coefficient (Wildman–Crippen LogP) is 1.38. The van der Waals surface area contributed by atoms with Gasteiger partial charge in [-0.2, -0.15) is 0 Å². The zero-order valence-electron chi connectivity index (χ0n) is 22.8. The molecule has 11 heteroatoms. The number of ether oxygens (including phenoxy) is 3. The van der Waals surface area contributed by atoms with Crippen molar-refractivity contribution in [1.82, 2.24) is 14.7 Å². The van der Waals surface area contributed by atoms with Crippen molar-refractivity contribution < 1.29 is 33.7 Å². The Morgan fingerprint density at radius 2 is 2.02 bits per heavy atom. The van der Waals surface area contributed by atoms with Crippen LogP contribution in [0.5, 0.6) is 0 Å². The SMILES string of the molecule is C=CCN(CCN1CCOCC1)C(=O)[C@@H]1N([C@H](CO)c2ccccc2)C(=O)[C@H]2[C@H](C(=O)OCC)[C@H]3O[C@@]12CC3Br. The van der Waals surface area contributed by atoms with Crippen molar-refractivity contribution in [3.8, 4) is 0 Å². The van der Waals surface area contributed by atoms with Crippen molar-refractivity contribution in [3.05, 3.63) is 48.6 Å². The van der Waals surface area contributed by atoms with Crippen molar-refractivity contribution >= 4 is 33.7 Å². The van der Waals surface area contributed by atoms with Gasteiger partial charge >= 0.3 is 5.97 Å². The van der Waals surface area contributed by atoms with E-state index in [0.29, 0.717) is 44.8 Å². The average Bonchev–Trinajstić information content (AvgIpc) is 3.56. The van der Waals surface area contributed by atoms with Crippen molar-refractivity contribution in [2.45, 2.75) is 42.0 Å². The summed E-state index contributed by atoms with van der Waals surface area (Å²) in [6, 6.07) is 7.36. The van der Waals surface area contributed by atoms with Crippen LogP contribution in [0.3, 0.4) is 0 Å². The monoisotopic (exact) mass is 619 g/mol. The molecule has 4 fully saturated rings. The van der Waals surface area contributed by atoms with Crippen LogP contribution in [0.15, 0.2) is 43.0 Å². The number of esters is 1. The Morgan fingerprint density at radius 1 is 1.30 bits per heavy atom. The number of halogens is 1. The van der Waals surface area contributed by atoms with Gasteiger partial charge in [0.2, 0.25) is 11.8 Å². The summed E-state index contributed by atoms with van der Waals surface area (Å²) in [7, 11) is 0. The standard InChI is InChI=1S/C29H38BrN3O7/c1-3-10-32(12-11-31-13-15-38-16-14-31)27(36)25-29-17-20(30)24(40-29)22(28(37)39-4-2)23(29)26(35)33(25)21(18-34)19-8-6-5-7-9-19/h3,5-9,20-25,34H,1,4,10-18H2,2H3/t20?,21-,22+,23-,24+,25+,29-/m1/s1. The molecular weight excluding hydrogens is 582 g/mol. The molecule has 218 valence electrons. The molecule has 4 saturated heterocycles. The Bertz CT molecular complexity index is 1100. The maximum Gasteiger partial charge on any atom is 0.312 e. The molecule has 2 bridgehead atoms. The molecule has 4 aliphatic rings. The van der Waals surface area contributed by atoms with E-state index in [4.69, 9.17) is 14.2 Å². The van der Waals surface area contributed by atoms with Gasteiger partial charge in [0.15, 0.2) is 0 Å². The molecule has 10 nitrogen and oxygen atoms in total. The lowest BCUT2D eigenvalue weighted by molar-refractivity contribution is -0.156. The quantitative estimate of drug-likeness (QED) is 0.225. The van der Waals surface area contributed by atoms with Crippen LogP contribution in [-0.2, 0) is 28.6 Å². The lowest BCUT2D eigenvalue weighted by Gasteiger charge is -2.40. The van der Waals surface area contributed by atoms with Gasteiger partial charge in [-0.3, -0.25) is 19.3 Å². The topological polar surface area (TPSA) is 109 Å². The molecule has 7 atom stereocenters. The average molecular weight is 621 g/mol. The van der Waals surface area contributed by atoms with Crippen LogP contribution in [-0.4, -0.2) is 119 Å². The third kappa shape index (κ3) is 5.00. The number of nitrogens with zero attached hydrogens (tertiary/aromatic N) is 3. The summed E-state index contributed by atoms with van der Waals surface area (Å²) >= 11 is 3.68. The molecule has 0 aromatic heterocycles. The number of rotatable bonds is 11. The van der Waals surface area contributed by atoms with Crippen molar-refractivity contribution in [2.75, 3.05) is 59.2 Å². The Kier molecular flexibility index (Phi) is 8.96. The number of hydrogen-bond acceptors (Lipinski definition) is 8. The summed E-state index contributed by atoms with van der Waals surface area (Å²) in [5.74, 6) is -2.87. The van der Waals surface area contributed by atoms with E-state index in [0.717, 1.165) is 13.1 Å². The minimum atomic E-state index is -1.23. The first-order chi connectivity index (χ1) is 19.4. The maximum atomic E-state index is 14.6. The molecule has 1 N–H and O–H groups in total. The largest absolute Gasteiger partial charge is 0.466 e. The van der Waals surface area contributed by atoms with E-state index in [1.807, 2.05) is 30.3 Å². The van der Waals surface area contributed by atoms with Gasteiger partial charge in [-0.1, -0.05) is 52.3 Å². The fraction of sp³-hybridized carbons (Fsp3) is 0.621. The fourth-order valence-electron chi connectivity index (χ4n) is 6.93. The van der Waals surface area contributed by atoms with E-state index in [2.05, 4.69) is 27.4 Å². The molecule has 1 aromatic carbocycles. The molecule has 0 radical (unpaired) electrons. The van der Waals surface area contributed by atoms with E-state index in [-0.39, 0.29) is 29.9 Å². The summed E-state index contributed by atoms with van der Waals surface area (Å²) in [5.41, 5.74) is -0.529. The lowest BCUT2D eigenvalue weighted by Crippen LogP contribution is -2.58. The van der Waals surface area contributed by atoms with Crippen LogP contribution in [0, 0.1) is 11.8 Å². The highest BCUT2D eigenvalue weighted by molar-refractivity contribution is 9.09. The second-order valence-electron chi connectivity index (χ2n) is 10.8. The van der Waals surface area contributed by atoms with Crippen LogP contribution < -0.4 is 0 Å². The first-order valence-corrected chi connectivity index (χ1v) is 15.0. The summed E-state index contributed by atoms with van der Waals surface area (Å²) < 4.78 is 17.4. The van der Waals surface area contributed by atoms with Crippen molar-refractivity contribution in [3.63, 3.8) is 0 Å². The molecule has 2 amide bonds. The Morgan fingerprint density at radius 3 is 2.67 bits per heavy atom. The molecule has 1 aromatic rings. The number of hydrogen-bond donors (Lipinski definition) is 1. The molecule has 1 unspecified atom stereocenters. The van der Waals surface area contributed by atoms with E-state index in [1.54, 1.807) is 17.9 Å². The van der Waals surface area contributed by atoms with Gasteiger partial charge in [-0.05, 0) is 18.9 Å². The Hall–Kier alpha value is -2.31. The number of benzene rings is 1. The van der Waals surface area contributed by atoms with Crippen molar-refractivity contribution in [1.29, 1.82) is 0 Å². The molecule has 0 saturated carbocycles. The summed E-state index contributed by atoms with van der Waals surface area (Å²) in [5, 5.41) is 10.6. The molecule has 1 spiro atoms. The third-order valence-electron chi connectivity index (χ3n) is 8.66. The minimum absolute atomic E-state index is 0.174. The number of carbonyl (C=O) groups excluding carboxylic acids is 3. The smallest absolute Gasteiger partial charge is 0.312 e. The van der Waals surface area contributed by atoms with Crippen LogP contribution >= 0.6 is 15.9 Å². The summed E-state index contributed by atoms with van der Waals surface area (Å²) in [4.78, 5) is 47.4. The Balaban J connectivity index is 1.54. The minimum Gasteiger partial charge on any atom is -0.466 e. The molecule has 40 heavy (non-hydrogen) atoms. The van der Waals surface area contributed by atoms with E-state index >= 15 is 0 Å². The highest BCUT2D eigenvalue weighted by Gasteiger charge is 2.77. The number of alkyl halides is 1. The zero-order valence-corrected chi connectivity index (χ0v) is 24.4. The van der Waals surface area contributed by atoms with Crippen LogP contribution in [0.25, 0.3) is 0 Å². The van der Waals surface area contributed by atoms with Gasteiger partial charge in [0, 0.05) is 37.6 Å². The number of aliphatic hydroxyl groups excluding tert-OH is 1. The second kappa shape index (κ2) is 12.3. The third-order valence-corrected chi connectivity index (χ3v) is 9.51. The second-order valence-corrected chi connectivity index (χ2v) is 12.0. The van der Waals surface area contributed by atoms with E-state index in [1.165, 1.54) is 4.90 Å². The van der Waals surface area contributed by atoms with Gasteiger partial charge in [0.05, 0.1) is 50.4 Å². The fourth-order valence-corrected chi connectivity index (χ4v) is 7.87. The number of aliphatic hydroxyl groups is 1. The lowest BCUT2D eigenvalue weighted by atomic mass is 9.70. The highest BCUT2D eigenvalue weighted by atomic mass is 79.9. The number of fused-ring (bicyclic) bond motifs is 1. The van der Waals surface area contributed by atoms with Crippen LogP contribution in [0.2, 0.25) is 0 Å². The van der Waals surface area contributed by atoms with Gasteiger partial charge in [-0.25, -0.2) is 0 Å². The van der Waals surface area contributed by atoms with Crippen LogP contribution in [0.1, 0.15) is 24.9 Å². The Labute approximate surface area is 243 Å². The number of amides is 2. The summed E-state index contributed by atoms with van der Waals surface area (Å²) in [6.07, 6.45) is 1.47. The number of morpholine rings is 1. The number of likely N-dealkylation sites (tertiary alicyclic amines) is 1. The molecule has 4 heterocycles. The summed E-state index contributed by atoms with van der Waals surface area (Å²) in [6.45, 7) is 9.63. The van der Waals surface area contributed by atoms with Gasteiger partial charge in [0.25, 0.3) is 0 Å². The normalized spacial score (nSPS) is 32.1. The molecule has 0 aliphatic carbocycles. The molecule has 4 aliphatic heterocycles. The molecular formula is C29H38BrN3O7. The first kappa shape index (κ1) is 29.2. The maximum absolute atomic E-state index is 14.6. The predicted molar refractivity (Wildman–Crippen MR) is 149 cm³/mol. The van der Waals surface area contributed by atoms with Gasteiger partial charge in [-0.15, -0.1) is 6.58 Å². The zero-order chi connectivity index (χ0) is 28.4. The van der Waals surface area contributed by atoms with Crippen molar-refractivity contribution in [2.24, 2.45) is 11.8 Å². The van der Waals surface area contributed by atoms with Gasteiger partial charge < -0.3 is 29.1 Å². The molecule has 5 rings (SSSR count).